The molecule has 0 bridgehead atoms. The molecule has 0 saturated carbocycles. The van der Waals surface area contributed by atoms with Crippen molar-refractivity contribution in [1.82, 2.24) is 0 Å². The van der Waals surface area contributed by atoms with Crippen molar-refractivity contribution < 1.29 is 28.8 Å². The third kappa shape index (κ3) is 1550. The van der Waals surface area contributed by atoms with Gasteiger partial charge < -0.3 is 16.1 Å². The zero-order valence-corrected chi connectivity index (χ0v) is 8.64. The molecule has 0 aliphatic rings. The van der Waals surface area contributed by atoms with E-state index < -0.39 is 9.29 Å². The van der Waals surface area contributed by atoms with Gasteiger partial charge in [0.05, 0.1) is 0 Å². The SMILES string of the molecule is CO.O.O.O=[Si]=O.[Al].[O]=[Al]. The fourth-order valence-electron chi connectivity index (χ4n) is 0. The standard InChI is InChI=1S/CH4O.2Al.O2Si.2H2O.O/c1-2;;;1-3-2;;;/h2H,1H3;;;;2*1H2;. The van der Waals surface area contributed by atoms with Gasteiger partial charge in [0.1, 0.15) is 0 Å². The molecule has 0 spiro atoms. The molecule has 0 heterocycles. The van der Waals surface area contributed by atoms with E-state index in [1.54, 1.807) is 0 Å². The number of hydrogen-bond donors (Lipinski definition) is 1. The average Bonchev–Trinajstić information content (AvgIpc) is 1.78. The van der Waals surface area contributed by atoms with E-state index in [0.29, 0.717) is 0 Å². The van der Waals surface area contributed by atoms with Gasteiger partial charge in [-0.05, 0) is 0 Å². The Labute approximate surface area is 78.9 Å². The minimum atomic E-state index is -1.42. The van der Waals surface area contributed by atoms with Crippen LogP contribution in [-0.2, 0) is 12.7 Å². The predicted molar refractivity (Wildman–Crippen MR) is 34.7 cm³/mol. The monoisotopic (exact) mass is 198 g/mol. The second kappa shape index (κ2) is 287. The number of rotatable bonds is 0. The molecule has 58 valence electrons. The summed E-state index contributed by atoms with van der Waals surface area (Å²) in [4.78, 5) is 0. The third-order valence-electron chi connectivity index (χ3n) is 0. The quantitative estimate of drug-likeness (QED) is 0.403. The summed E-state index contributed by atoms with van der Waals surface area (Å²) in [5, 5.41) is 7.00. The number of aliphatic hydroxyl groups is 1. The molecule has 0 unspecified atom stereocenters. The van der Waals surface area contributed by atoms with Gasteiger partial charge in [-0.1, -0.05) is 0 Å². The normalized spacial score (nSPS) is 1.70. The number of aliphatic hydroxyl groups excluding tert-OH is 1. The van der Waals surface area contributed by atoms with Crippen molar-refractivity contribution in [2.24, 2.45) is 0 Å². The molecule has 0 aliphatic carbocycles. The van der Waals surface area contributed by atoms with Crippen molar-refractivity contribution in [1.29, 1.82) is 0 Å². The minimum absolute atomic E-state index is 0. The molecule has 0 rings (SSSR count). The first kappa shape index (κ1) is 46.4. The van der Waals surface area contributed by atoms with Crippen molar-refractivity contribution in [2.75, 3.05) is 7.11 Å². The van der Waals surface area contributed by atoms with Gasteiger partial charge in [-0.15, -0.1) is 0 Å². The van der Waals surface area contributed by atoms with Crippen LogP contribution < -0.4 is 0 Å². The molecular formula is CH8Al2O6Si. The van der Waals surface area contributed by atoms with Gasteiger partial charge >= 0.3 is 29.3 Å². The molecule has 0 aromatic heterocycles. The fourth-order valence-corrected chi connectivity index (χ4v) is 0. The molecule has 5 N–H and O–H groups in total. The Morgan fingerprint density at radius 2 is 1.10 bits per heavy atom. The van der Waals surface area contributed by atoms with Crippen molar-refractivity contribution in [3.05, 3.63) is 0 Å². The Bertz CT molecular complexity index is 45.0. The maximum atomic E-state index is 8.40. The summed E-state index contributed by atoms with van der Waals surface area (Å²) in [6.07, 6.45) is 0. The van der Waals surface area contributed by atoms with Crippen LogP contribution in [0, 0.1) is 0 Å². The predicted octanol–water partition coefficient (Wildman–Crippen LogP) is -3.54. The Morgan fingerprint density at radius 3 is 1.10 bits per heavy atom. The van der Waals surface area contributed by atoms with Gasteiger partial charge in [0.15, 0.2) is 0 Å². The molecule has 9 heteroatoms. The second-order valence-corrected chi connectivity index (χ2v) is 0.250. The van der Waals surface area contributed by atoms with E-state index in [-0.39, 0.29) is 28.3 Å². The molecule has 4 radical (unpaired) electrons. The first-order valence-electron chi connectivity index (χ1n) is 1.09. The molecule has 0 aromatic carbocycles. The van der Waals surface area contributed by atoms with Crippen LogP contribution in [0.2, 0.25) is 0 Å². The molecule has 6 nitrogen and oxygen atoms in total. The van der Waals surface area contributed by atoms with Crippen molar-refractivity contribution in [3.8, 4) is 0 Å². The van der Waals surface area contributed by atoms with Gasteiger partial charge in [-0.25, -0.2) is 0 Å². The van der Waals surface area contributed by atoms with Crippen LogP contribution in [0.25, 0.3) is 0 Å². The molecule has 10 heavy (non-hydrogen) atoms. The molecule has 0 amide bonds. The topological polar surface area (TPSA) is 134 Å². The summed E-state index contributed by atoms with van der Waals surface area (Å²) in [5.41, 5.74) is 0. The third-order valence-corrected chi connectivity index (χ3v) is 0. The summed E-state index contributed by atoms with van der Waals surface area (Å²) in [6, 6.07) is 0. The molecular weight excluding hydrogens is 190 g/mol. The van der Waals surface area contributed by atoms with Crippen molar-refractivity contribution in [3.63, 3.8) is 0 Å². The van der Waals surface area contributed by atoms with Gasteiger partial charge in [0.2, 0.25) is 0 Å². The van der Waals surface area contributed by atoms with Crippen LogP contribution >= 0.6 is 0 Å². The molecule has 0 aliphatic heterocycles. The van der Waals surface area contributed by atoms with Gasteiger partial charge in [0, 0.05) is 24.5 Å². The Balaban J connectivity index is -0.00000000536. The van der Waals surface area contributed by atoms with Crippen molar-refractivity contribution in [2.45, 2.75) is 0 Å². The Hall–Kier alpha value is 0.562. The Morgan fingerprint density at radius 1 is 1.10 bits per heavy atom. The summed E-state index contributed by atoms with van der Waals surface area (Å²) < 4.78 is 25.0. The summed E-state index contributed by atoms with van der Waals surface area (Å²) in [7, 11) is -0.417. The first-order valence-corrected chi connectivity index (χ1v) is 2.38. The summed E-state index contributed by atoms with van der Waals surface area (Å²) >= 11 is 1.17. The second-order valence-electron chi connectivity index (χ2n) is 0.0833. The fraction of sp³-hybridized carbons (Fsp3) is 1.00. The zero-order valence-electron chi connectivity index (χ0n) is 5.33. The molecule has 0 aromatic rings. The van der Waals surface area contributed by atoms with Crippen LogP contribution in [0.5, 0.6) is 0 Å². The van der Waals surface area contributed by atoms with Crippen molar-refractivity contribution >= 4 is 42.9 Å². The first-order chi connectivity index (χ1) is 3.41. The van der Waals surface area contributed by atoms with Gasteiger partial charge in [-0.2, -0.15) is 0 Å². The van der Waals surface area contributed by atoms with Crippen LogP contribution in [0.15, 0.2) is 0 Å². The molecule has 0 fully saturated rings. The summed E-state index contributed by atoms with van der Waals surface area (Å²) in [6.45, 7) is 0. The zero-order chi connectivity index (χ0) is 6.71. The van der Waals surface area contributed by atoms with E-state index in [1.165, 1.54) is 16.2 Å². The van der Waals surface area contributed by atoms with E-state index in [4.69, 9.17) is 17.8 Å². The van der Waals surface area contributed by atoms with E-state index in [2.05, 4.69) is 0 Å². The molecule has 0 saturated heterocycles. The van der Waals surface area contributed by atoms with E-state index >= 15 is 0 Å². The Kier molecular flexibility index (Phi) is 1330. The van der Waals surface area contributed by atoms with Crippen LogP contribution in [0.3, 0.4) is 0 Å². The van der Waals surface area contributed by atoms with E-state index in [0.717, 1.165) is 7.11 Å². The maximum absolute atomic E-state index is 8.40. The summed E-state index contributed by atoms with van der Waals surface area (Å²) in [5.74, 6) is 0. The van der Waals surface area contributed by atoms with Crippen LogP contribution in [0.4, 0.5) is 0 Å². The van der Waals surface area contributed by atoms with E-state index in [1.807, 2.05) is 0 Å². The van der Waals surface area contributed by atoms with Gasteiger partial charge in [-0.3, -0.25) is 8.92 Å². The van der Waals surface area contributed by atoms with Crippen LogP contribution in [0.1, 0.15) is 0 Å². The van der Waals surface area contributed by atoms with Crippen LogP contribution in [-0.4, -0.2) is 66.0 Å². The number of hydrogen-bond acceptors (Lipinski definition) is 4. The molecule has 0 atom stereocenters. The average molecular weight is 198 g/mol. The van der Waals surface area contributed by atoms with E-state index in [9.17, 15) is 0 Å². The van der Waals surface area contributed by atoms with Gasteiger partial charge in [0.25, 0.3) is 0 Å².